The van der Waals surface area contributed by atoms with E-state index in [0.717, 1.165) is 11.3 Å². The zero-order valence-electron chi connectivity index (χ0n) is 11.6. The molecule has 0 saturated heterocycles. The topological polar surface area (TPSA) is 73.6 Å². The molecule has 0 bridgehead atoms. The maximum absolute atomic E-state index is 11.0. The van der Waals surface area contributed by atoms with Gasteiger partial charge in [0, 0.05) is 12.6 Å². The molecule has 106 valence electrons. The number of nitrogens with one attached hydrogen (secondary N) is 1. The molecule has 0 saturated carbocycles. The third-order valence-electron chi connectivity index (χ3n) is 2.60. The minimum absolute atomic E-state index is 0.103. The second kappa shape index (κ2) is 6.10. The highest BCUT2D eigenvalue weighted by molar-refractivity contribution is 5.89. The highest BCUT2D eigenvalue weighted by Gasteiger charge is 2.06. The second-order valence-electron chi connectivity index (χ2n) is 4.22. The van der Waals surface area contributed by atoms with Crippen LogP contribution < -0.4 is 14.8 Å². The Balaban J connectivity index is 1.99. The molecule has 1 heterocycles. The van der Waals surface area contributed by atoms with E-state index in [1.165, 1.54) is 20.2 Å². The van der Waals surface area contributed by atoms with Crippen LogP contribution in [-0.4, -0.2) is 18.0 Å². The van der Waals surface area contributed by atoms with Crippen molar-refractivity contribution in [2.24, 2.45) is 0 Å². The highest BCUT2D eigenvalue weighted by atomic mass is 16.6. The van der Waals surface area contributed by atoms with E-state index in [-0.39, 0.29) is 12.5 Å². The number of benzene rings is 1. The third-order valence-corrected chi connectivity index (χ3v) is 2.60. The van der Waals surface area contributed by atoms with Gasteiger partial charge in [0.15, 0.2) is 6.61 Å². The van der Waals surface area contributed by atoms with Crippen molar-refractivity contribution in [3.05, 3.63) is 35.9 Å². The number of carbonyl (C=O) groups excluding carboxylic acids is 1. The number of ether oxygens (including phenoxy) is 2. The lowest BCUT2D eigenvalue weighted by molar-refractivity contribution is -0.114. The number of carbonyl (C=O) groups is 1. The van der Waals surface area contributed by atoms with Gasteiger partial charge in [0.05, 0.1) is 7.11 Å². The molecule has 0 unspecified atom stereocenters. The Morgan fingerprint density at radius 2 is 2.25 bits per heavy atom. The number of nitrogens with zero attached hydrogens (tertiary/aromatic N) is 1. The van der Waals surface area contributed by atoms with Crippen LogP contribution in [0.15, 0.2) is 28.8 Å². The van der Waals surface area contributed by atoms with Gasteiger partial charge in [-0.1, -0.05) is 0 Å². The van der Waals surface area contributed by atoms with Crippen LogP contribution in [0.3, 0.4) is 0 Å². The summed E-state index contributed by atoms with van der Waals surface area (Å²) < 4.78 is 15.7. The molecule has 0 aliphatic rings. The number of oxazole rings is 1. The lowest BCUT2D eigenvalue weighted by atomic mass is 10.2. The van der Waals surface area contributed by atoms with Crippen LogP contribution in [-0.2, 0) is 11.4 Å². The molecule has 0 aliphatic carbocycles. The molecule has 6 heteroatoms. The first-order valence-corrected chi connectivity index (χ1v) is 6.08. The van der Waals surface area contributed by atoms with Gasteiger partial charge in [0.2, 0.25) is 11.8 Å². The fraction of sp³-hybridized carbons (Fsp3) is 0.286. The lowest BCUT2D eigenvalue weighted by Gasteiger charge is -2.09. The maximum Gasteiger partial charge on any atom is 0.305 e. The Morgan fingerprint density at radius 1 is 1.45 bits per heavy atom. The lowest BCUT2D eigenvalue weighted by Crippen LogP contribution is -2.07. The minimum Gasteiger partial charge on any atom is -0.484 e. The molecular weight excluding hydrogens is 260 g/mol. The SMILES string of the molecule is COc1cnc(COc2ccc(NC(C)=O)c(C)c2)o1. The molecule has 6 nitrogen and oxygen atoms in total. The number of amides is 1. The van der Waals surface area contributed by atoms with Crippen molar-refractivity contribution < 1.29 is 18.7 Å². The van der Waals surface area contributed by atoms with E-state index in [2.05, 4.69) is 10.3 Å². The second-order valence-corrected chi connectivity index (χ2v) is 4.22. The van der Waals surface area contributed by atoms with Crippen LogP contribution >= 0.6 is 0 Å². The third kappa shape index (κ3) is 3.50. The summed E-state index contributed by atoms with van der Waals surface area (Å²) in [5, 5.41) is 2.74. The fourth-order valence-electron chi connectivity index (χ4n) is 1.66. The molecule has 2 aromatic rings. The molecule has 0 fully saturated rings. The Kier molecular flexibility index (Phi) is 4.24. The predicted molar refractivity (Wildman–Crippen MR) is 72.9 cm³/mol. The summed E-state index contributed by atoms with van der Waals surface area (Å²) >= 11 is 0. The molecule has 1 N–H and O–H groups in total. The predicted octanol–water partition coefficient (Wildman–Crippen LogP) is 2.53. The average molecular weight is 276 g/mol. The standard InChI is InChI=1S/C14H16N2O4/c1-9-6-11(4-5-12(9)16-10(2)17)19-8-13-15-7-14(18-3)20-13/h4-7H,8H2,1-3H3,(H,16,17). The number of aromatic nitrogens is 1. The van der Waals surface area contributed by atoms with Crippen molar-refractivity contribution >= 4 is 11.6 Å². The van der Waals surface area contributed by atoms with Crippen LogP contribution in [0, 0.1) is 6.92 Å². The van der Waals surface area contributed by atoms with E-state index in [1.807, 2.05) is 13.0 Å². The van der Waals surface area contributed by atoms with E-state index in [0.29, 0.717) is 17.6 Å². The summed E-state index contributed by atoms with van der Waals surface area (Å²) in [6.45, 7) is 3.58. The van der Waals surface area contributed by atoms with E-state index in [9.17, 15) is 4.79 Å². The average Bonchev–Trinajstić information content (AvgIpc) is 2.87. The van der Waals surface area contributed by atoms with Gasteiger partial charge in [-0.05, 0) is 30.7 Å². The van der Waals surface area contributed by atoms with Gasteiger partial charge < -0.3 is 19.2 Å². The van der Waals surface area contributed by atoms with E-state index in [4.69, 9.17) is 13.9 Å². The first-order valence-electron chi connectivity index (χ1n) is 6.08. The van der Waals surface area contributed by atoms with Crippen molar-refractivity contribution in [2.75, 3.05) is 12.4 Å². The zero-order chi connectivity index (χ0) is 14.5. The number of anilines is 1. The molecule has 0 radical (unpaired) electrons. The van der Waals surface area contributed by atoms with Gasteiger partial charge in [0.1, 0.15) is 11.9 Å². The van der Waals surface area contributed by atoms with Crippen LogP contribution in [0.4, 0.5) is 5.69 Å². The fourth-order valence-corrected chi connectivity index (χ4v) is 1.66. The number of methoxy groups -OCH3 is 1. The molecule has 1 aromatic heterocycles. The maximum atomic E-state index is 11.0. The van der Waals surface area contributed by atoms with Crippen molar-refractivity contribution in [2.45, 2.75) is 20.5 Å². The molecule has 2 rings (SSSR count). The van der Waals surface area contributed by atoms with Gasteiger partial charge >= 0.3 is 5.95 Å². The number of hydrogen-bond donors (Lipinski definition) is 1. The molecular formula is C14H16N2O4. The Bertz CT molecular complexity index is 607. The van der Waals surface area contributed by atoms with Gasteiger partial charge in [-0.25, -0.2) is 4.98 Å². The number of aryl methyl sites for hydroxylation is 1. The summed E-state index contributed by atoms with van der Waals surface area (Å²) in [4.78, 5) is 15.0. The Hall–Kier alpha value is -2.50. The number of rotatable bonds is 5. The van der Waals surface area contributed by atoms with Gasteiger partial charge in [-0.2, -0.15) is 0 Å². The van der Waals surface area contributed by atoms with Crippen LogP contribution in [0.25, 0.3) is 0 Å². The molecule has 1 amide bonds. The van der Waals surface area contributed by atoms with Crippen molar-refractivity contribution in [3.63, 3.8) is 0 Å². The summed E-state index contributed by atoms with van der Waals surface area (Å²) in [5.41, 5.74) is 1.69. The monoisotopic (exact) mass is 276 g/mol. The molecule has 20 heavy (non-hydrogen) atoms. The van der Waals surface area contributed by atoms with Gasteiger partial charge in [-0.3, -0.25) is 4.79 Å². The van der Waals surface area contributed by atoms with Crippen LogP contribution in [0.2, 0.25) is 0 Å². The first-order chi connectivity index (χ1) is 9.58. The molecule has 1 aromatic carbocycles. The van der Waals surface area contributed by atoms with Crippen molar-refractivity contribution in [3.8, 4) is 11.7 Å². The van der Waals surface area contributed by atoms with Crippen molar-refractivity contribution in [1.29, 1.82) is 0 Å². The molecule has 0 atom stereocenters. The largest absolute Gasteiger partial charge is 0.484 e. The summed E-state index contributed by atoms with van der Waals surface area (Å²) in [5.74, 6) is 1.36. The minimum atomic E-state index is -0.103. The van der Waals surface area contributed by atoms with Crippen LogP contribution in [0.1, 0.15) is 18.4 Å². The summed E-state index contributed by atoms with van der Waals surface area (Å²) in [6.07, 6.45) is 1.49. The van der Waals surface area contributed by atoms with Crippen molar-refractivity contribution in [1.82, 2.24) is 4.98 Å². The van der Waals surface area contributed by atoms with Gasteiger partial charge in [-0.15, -0.1) is 0 Å². The molecule has 0 aliphatic heterocycles. The van der Waals surface area contributed by atoms with E-state index in [1.54, 1.807) is 12.1 Å². The summed E-state index contributed by atoms with van der Waals surface area (Å²) in [6, 6.07) is 5.41. The smallest absolute Gasteiger partial charge is 0.305 e. The van der Waals surface area contributed by atoms with E-state index >= 15 is 0 Å². The normalized spacial score (nSPS) is 10.2. The first kappa shape index (κ1) is 13.9. The summed E-state index contributed by atoms with van der Waals surface area (Å²) in [7, 11) is 1.51. The quantitative estimate of drug-likeness (QED) is 0.908. The molecule has 0 spiro atoms. The van der Waals surface area contributed by atoms with E-state index < -0.39 is 0 Å². The van der Waals surface area contributed by atoms with Crippen LogP contribution in [0.5, 0.6) is 11.7 Å². The Morgan fingerprint density at radius 3 is 2.85 bits per heavy atom. The zero-order valence-corrected chi connectivity index (χ0v) is 11.6. The Labute approximate surface area is 116 Å². The van der Waals surface area contributed by atoms with Gasteiger partial charge in [0.25, 0.3) is 0 Å². The highest BCUT2D eigenvalue weighted by Crippen LogP contribution is 2.22. The number of hydrogen-bond acceptors (Lipinski definition) is 5.